The van der Waals surface area contributed by atoms with Crippen LogP contribution >= 0.6 is 11.6 Å². The van der Waals surface area contributed by atoms with Gasteiger partial charge in [-0.25, -0.2) is 17.2 Å². The second kappa shape index (κ2) is 9.80. The third kappa shape index (κ3) is 5.06. The van der Waals surface area contributed by atoms with Crippen molar-refractivity contribution < 1.29 is 22.0 Å². The summed E-state index contributed by atoms with van der Waals surface area (Å²) in [5, 5.41) is 2.10. The van der Waals surface area contributed by atoms with Crippen LogP contribution < -0.4 is 5.32 Å². The standard InChI is InChI=1S/C22H35ClF2N2O3S/c23-18-4-1-5-19(25)21(18)22(28)26-16-8-11-20-14(13-16)3-2-12-27(20)31(29,30)17-9-6-15(24)7-10-17/h14-21H,1-13H2,(H,26,28). The van der Waals surface area contributed by atoms with E-state index in [9.17, 15) is 22.0 Å². The Morgan fingerprint density at radius 3 is 2.39 bits per heavy atom. The summed E-state index contributed by atoms with van der Waals surface area (Å²) in [6.45, 7) is 0.537. The maximum atomic E-state index is 14.3. The van der Waals surface area contributed by atoms with Crippen molar-refractivity contribution in [2.24, 2.45) is 11.8 Å². The van der Waals surface area contributed by atoms with Gasteiger partial charge in [-0.1, -0.05) is 0 Å². The number of halogens is 3. The van der Waals surface area contributed by atoms with Gasteiger partial charge in [0.1, 0.15) is 12.3 Å². The number of sulfonamides is 1. The third-order valence-electron chi connectivity index (χ3n) is 8.01. The molecule has 0 radical (unpaired) electrons. The number of carbonyl (C=O) groups is 1. The first-order chi connectivity index (χ1) is 14.8. The number of alkyl halides is 3. The Hall–Kier alpha value is -0.470. The highest BCUT2D eigenvalue weighted by Gasteiger charge is 2.46. The van der Waals surface area contributed by atoms with E-state index in [0.717, 1.165) is 19.3 Å². The van der Waals surface area contributed by atoms with E-state index in [0.29, 0.717) is 64.3 Å². The van der Waals surface area contributed by atoms with E-state index in [1.807, 2.05) is 0 Å². The molecule has 0 spiro atoms. The molecular weight excluding hydrogens is 446 g/mol. The lowest BCUT2D eigenvalue weighted by Crippen LogP contribution is -2.56. The van der Waals surface area contributed by atoms with Gasteiger partial charge in [0.25, 0.3) is 0 Å². The van der Waals surface area contributed by atoms with Crippen LogP contribution in [0.1, 0.15) is 77.0 Å². The number of carbonyl (C=O) groups excluding carboxylic acids is 1. The molecule has 178 valence electrons. The van der Waals surface area contributed by atoms with Gasteiger partial charge in [0, 0.05) is 24.0 Å². The maximum Gasteiger partial charge on any atom is 0.227 e. The van der Waals surface area contributed by atoms with Crippen LogP contribution in [0.25, 0.3) is 0 Å². The number of amides is 1. The first-order valence-corrected chi connectivity index (χ1v) is 13.9. The summed E-state index contributed by atoms with van der Waals surface area (Å²) in [6.07, 6.45) is 5.00. The molecule has 4 rings (SSSR count). The van der Waals surface area contributed by atoms with Gasteiger partial charge < -0.3 is 5.32 Å². The molecule has 1 heterocycles. The Morgan fingerprint density at radius 1 is 0.935 bits per heavy atom. The fraction of sp³-hybridized carbons (Fsp3) is 0.955. The second-order valence-electron chi connectivity index (χ2n) is 10.0. The van der Waals surface area contributed by atoms with Gasteiger partial charge in [-0.05, 0) is 83.0 Å². The van der Waals surface area contributed by atoms with Crippen LogP contribution in [0.5, 0.6) is 0 Å². The molecule has 4 fully saturated rings. The summed E-state index contributed by atoms with van der Waals surface area (Å²) in [5.41, 5.74) is 0. The number of nitrogens with one attached hydrogen (secondary N) is 1. The normalized spacial score (nSPS) is 42.5. The average Bonchev–Trinajstić information content (AvgIpc) is 2.73. The van der Waals surface area contributed by atoms with Crippen LogP contribution in [-0.2, 0) is 14.8 Å². The molecule has 6 unspecified atom stereocenters. The molecule has 0 aromatic heterocycles. The van der Waals surface area contributed by atoms with Gasteiger partial charge in [-0.15, -0.1) is 11.6 Å². The topological polar surface area (TPSA) is 66.5 Å². The van der Waals surface area contributed by atoms with Crippen LogP contribution in [0, 0.1) is 11.8 Å². The second-order valence-corrected chi connectivity index (χ2v) is 12.7. The number of nitrogens with zero attached hydrogens (tertiary/aromatic N) is 1. The molecule has 5 nitrogen and oxygen atoms in total. The van der Waals surface area contributed by atoms with Crippen molar-refractivity contribution in [3.63, 3.8) is 0 Å². The van der Waals surface area contributed by atoms with Gasteiger partial charge >= 0.3 is 0 Å². The molecule has 1 amide bonds. The SMILES string of the molecule is O=C(NC1CCC2C(CCCN2S(=O)(=O)C2CCC(F)CC2)C1)C1C(F)CCCC1Cl. The molecule has 9 heteroatoms. The van der Waals surface area contributed by atoms with Crippen LogP contribution in [0.15, 0.2) is 0 Å². The van der Waals surface area contributed by atoms with E-state index in [1.165, 1.54) is 0 Å². The van der Waals surface area contributed by atoms with Crippen molar-refractivity contribution in [2.75, 3.05) is 6.54 Å². The monoisotopic (exact) mass is 480 g/mol. The Kier molecular flexibility index (Phi) is 7.48. The molecule has 0 aromatic carbocycles. The number of rotatable bonds is 4. The third-order valence-corrected chi connectivity index (χ3v) is 10.9. The lowest BCUT2D eigenvalue weighted by atomic mass is 9.77. The van der Waals surface area contributed by atoms with E-state index in [2.05, 4.69) is 5.32 Å². The molecular formula is C22H35ClF2N2O3S. The van der Waals surface area contributed by atoms with Gasteiger partial charge in [0.15, 0.2) is 0 Å². The largest absolute Gasteiger partial charge is 0.353 e. The summed E-state index contributed by atoms with van der Waals surface area (Å²) in [4.78, 5) is 12.7. The lowest BCUT2D eigenvalue weighted by Gasteiger charge is -2.47. The molecule has 3 saturated carbocycles. The molecule has 0 aromatic rings. The highest BCUT2D eigenvalue weighted by atomic mass is 35.5. The van der Waals surface area contributed by atoms with Gasteiger partial charge in [-0.2, -0.15) is 4.31 Å². The minimum Gasteiger partial charge on any atom is -0.353 e. The van der Waals surface area contributed by atoms with Crippen molar-refractivity contribution in [1.82, 2.24) is 9.62 Å². The quantitative estimate of drug-likeness (QED) is 0.616. The molecule has 6 atom stereocenters. The number of fused-ring (bicyclic) bond motifs is 1. The van der Waals surface area contributed by atoms with Gasteiger partial charge in [0.2, 0.25) is 15.9 Å². The Balaban J connectivity index is 1.37. The summed E-state index contributed by atoms with van der Waals surface area (Å²) < 4.78 is 56.2. The van der Waals surface area contributed by atoms with E-state index in [-0.39, 0.29) is 23.9 Å². The molecule has 1 N–H and O–H groups in total. The fourth-order valence-corrected chi connectivity index (χ4v) is 9.01. The van der Waals surface area contributed by atoms with Crippen LogP contribution in [0.4, 0.5) is 8.78 Å². The fourth-order valence-electron chi connectivity index (χ4n) is 6.29. The van der Waals surface area contributed by atoms with E-state index in [4.69, 9.17) is 11.6 Å². The first-order valence-electron chi connectivity index (χ1n) is 12.0. The Morgan fingerprint density at radius 2 is 1.68 bits per heavy atom. The Bertz CT molecular complexity index is 737. The van der Waals surface area contributed by atoms with Crippen LogP contribution in [0.2, 0.25) is 0 Å². The van der Waals surface area contributed by atoms with Crippen LogP contribution in [0.3, 0.4) is 0 Å². The van der Waals surface area contributed by atoms with Crippen molar-refractivity contribution in [2.45, 2.75) is 112 Å². The molecule has 31 heavy (non-hydrogen) atoms. The zero-order valence-corrected chi connectivity index (χ0v) is 19.6. The zero-order chi connectivity index (χ0) is 22.2. The minimum absolute atomic E-state index is 0.0422. The number of hydrogen-bond donors (Lipinski definition) is 1. The molecule has 4 aliphatic rings. The summed E-state index contributed by atoms with van der Waals surface area (Å²) in [7, 11) is -3.44. The smallest absolute Gasteiger partial charge is 0.227 e. The predicted molar refractivity (Wildman–Crippen MR) is 117 cm³/mol. The van der Waals surface area contributed by atoms with E-state index < -0.39 is 38.9 Å². The minimum atomic E-state index is -3.44. The van der Waals surface area contributed by atoms with Gasteiger partial charge in [0.05, 0.1) is 11.2 Å². The number of piperidine rings is 1. The lowest BCUT2D eigenvalue weighted by molar-refractivity contribution is -0.129. The number of hydrogen-bond acceptors (Lipinski definition) is 3. The van der Waals surface area contributed by atoms with Crippen molar-refractivity contribution in [3.8, 4) is 0 Å². The zero-order valence-electron chi connectivity index (χ0n) is 18.0. The first kappa shape index (κ1) is 23.7. The molecule has 3 aliphatic carbocycles. The van der Waals surface area contributed by atoms with Crippen molar-refractivity contribution in [3.05, 3.63) is 0 Å². The molecule has 0 bridgehead atoms. The summed E-state index contributed by atoms with van der Waals surface area (Å²) in [6, 6.07) is -0.101. The van der Waals surface area contributed by atoms with Gasteiger partial charge in [-0.3, -0.25) is 4.79 Å². The van der Waals surface area contributed by atoms with Crippen LogP contribution in [-0.4, -0.2) is 60.2 Å². The summed E-state index contributed by atoms with van der Waals surface area (Å²) >= 11 is 6.26. The molecule has 1 saturated heterocycles. The average molecular weight is 481 g/mol. The summed E-state index contributed by atoms with van der Waals surface area (Å²) in [5.74, 6) is -0.889. The van der Waals surface area contributed by atoms with E-state index in [1.54, 1.807) is 4.31 Å². The maximum absolute atomic E-state index is 14.3. The van der Waals surface area contributed by atoms with Crippen molar-refractivity contribution >= 4 is 27.5 Å². The highest BCUT2D eigenvalue weighted by Crippen LogP contribution is 2.40. The molecule has 1 aliphatic heterocycles. The van der Waals surface area contributed by atoms with Crippen molar-refractivity contribution in [1.29, 1.82) is 0 Å². The Labute approximate surface area is 189 Å². The highest BCUT2D eigenvalue weighted by molar-refractivity contribution is 7.89. The predicted octanol–water partition coefficient (Wildman–Crippen LogP) is 4.09. The van der Waals surface area contributed by atoms with E-state index >= 15 is 0 Å².